The molecule has 3 nitrogen and oxygen atoms in total. The van der Waals surface area contributed by atoms with Gasteiger partial charge in [-0.3, -0.25) is 0 Å². The summed E-state index contributed by atoms with van der Waals surface area (Å²) in [6, 6.07) is 11.1. The average Bonchev–Trinajstić information content (AvgIpc) is 3.41. The van der Waals surface area contributed by atoms with Crippen molar-refractivity contribution in [3.05, 3.63) is 35.9 Å². The van der Waals surface area contributed by atoms with Crippen LogP contribution in [-0.2, 0) is 5.54 Å². The molecular formula is C18H28N2O. The van der Waals surface area contributed by atoms with E-state index >= 15 is 0 Å². The van der Waals surface area contributed by atoms with E-state index in [4.69, 9.17) is 0 Å². The maximum absolute atomic E-state index is 10.1. The van der Waals surface area contributed by atoms with Gasteiger partial charge in [-0.1, -0.05) is 30.3 Å². The second kappa shape index (κ2) is 6.47. The Hall–Kier alpha value is -0.900. The minimum absolute atomic E-state index is 0.171. The second-order valence-corrected chi connectivity index (χ2v) is 6.98. The third kappa shape index (κ3) is 4.06. The van der Waals surface area contributed by atoms with Crippen LogP contribution in [0.25, 0.3) is 0 Å². The van der Waals surface area contributed by atoms with Gasteiger partial charge in [0.15, 0.2) is 0 Å². The van der Waals surface area contributed by atoms with Gasteiger partial charge in [-0.15, -0.1) is 0 Å². The van der Waals surface area contributed by atoms with Crippen molar-refractivity contribution in [3.63, 3.8) is 0 Å². The van der Waals surface area contributed by atoms with E-state index < -0.39 is 0 Å². The number of hydrogen-bond acceptors (Lipinski definition) is 3. The summed E-state index contributed by atoms with van der Waals surface area (Å²) in [5, 5.41) is 13.9. The zero-order valence-electron chi connectivity index (χ0n) is 13.1. The van der Waals surface area contributed by atoms with Crippen molar-refractivity contribution < 1.29 is 5.11 Å². The molecule has 1 aromatic rings. The molecule has 2 aliphatic carbocycles. The first-order valence-electron chi connectivity index (χ1n) is 8.34. The fourth-order valence-corrected chi connectivity index (χ4v) is 3.11. The van der Waals surface area contributed by atoms with Crippen molar-refractivity contribution in [2.45, 2.75) is 43.7 Å². The molecular weight excluding hydrogens is 260 g/mol. The van der Waals surface area contributed by atoms with Crippen LogP contribution in [0, 0.1) is 5.92 Å². The normalized spacial score (nSPS) is 21.5. The Kier molecular flexibility index (Phi) is 4.63. The Morgan fingerprint density at radius 2 is 1.90 bits per heavy atom. The van der Waals surface area contributed by atoms with Crippen LogP contribution in [0.3, 0.4) is 0 Å². The lowest BCUT2D eigenvalue weighted by Gasteiger charge is -2.35. The molecule has 2 aliphatic rings. The summed E-state index contributed by atoms with van der Waals surface area (Å²) >= 11 is 0. The van der Waals surface area contributed by atoms with E-state index in [0.717, 1.165) is 18.9 Å². The summed E-state index contributed by atoms with van der Waals surface area (Å²) in [6.45, 7) is 2.41. The van der Waals surface area contributed by atoms with Crippen LogP contribution in [0.1, 0.15) is 37.7 Å². The van der Waals surface area contributed by atoms with Crippen molar-refractivity contribution in [3.8, 4) is 0 Å². The minimum atomic E-state index is -0.278. The number of aliphatic hydroxyl groups is 1. The number of benzene rings is 1. The van der Waals surface area contributed by atoms with Gasteiger partial charge >= 0.3 is 0 Å². The lowest BCUT2D eigenvalue weighted by atomic mass is 9.86. The molecule has 0 spiro atoms. The first-order valence-corrected chi connectivity index (χ1v) is 8.34. The van der Waals surface area contributed by atoms with Gasteiger partial charge in [0.2, 0.25) is 0 Å². The first kappa shape index (κ1) is 15.0. The molecule has 0 aliphatic heterocycles. The lowest BCUT2D eigenvalue weighted by molar-refractivity contribution is 0.134. The predicted octanol–water partition coefficient (Wildman–Crippen LogP) is 2.36. The Morgan fingerprint density at radius 3 is 2.48 bits per heavy atom. The monoisotopic (exact) mass is 288 g/mol. The Labute approximate surface area is 128 Å². The van der Waals surface area contributed by atoms with Crippen molar-refractivity contribution in [1.29, 1.82) is 0 Å². The van der Waals surface area contributed by atoms with Crippen molar-refractivity contribution in [1.82, 2.24) is 10.2 Å². The molecule has 3 heteroatoms. The van der Waals surface area contributed by atoms with Gasteiger partial charge in [0.25, 0.3) is 0 Å². The smallest absolute Gasteiger partial charge is 0.0683 e. The van der Waals surface area contributed by atoms with E-state index in [1.807, 2.05) is 6.07 Å². The Balaban J connectivity index is 1.67. The predicted molar refractivity (Wildman–Crippen MR) is 86.2 cm³/mol. The maximum Gasteiger partial charge on any atom is 0.0683 e. The van der Waals surface area contributed by atoms with Crippen molar-refractivity contribution in [2.75, 3.05) is 26.7 Å². The summed E-state index contributed by atoms with van der Waals surface area (Å²) < 4.78 is 0. The zero-order chi connectivity index (χ0) is 14.7. The molecule has 1 aromatic carbocycles. The molecule has 0 saturated heterocycles. The molecule has 1 unspecified atom stereocenters. The quantitative estimate of drug-likeness (QED) is 0.732. The summed E-state index contributed by atoms with van der Waals surface area (Å²) in [4.78, 5) is 2.43. The highest BCUT2D eigenvalue weighted by molar-refractivity contribution is 5.25. The van der Waals surface area contributed by atoms with Crippen molar-refractivity contribution in [2.24, 2.45) is 5.92 Å². The molecule has 3 rings (SSSR count). The third-order valence-corrected chi connectivity index (χ3v) is 4.84. The van der Waals surface area contributed by atoms with Gasteiger partial charge in [-0.25, -0.2) is 0 Å². The Morgan fingerprint density at radius 1 is 1.19 bits per heavy atom. The molecule has 0 heterocycles. The van der Waals surface area contributed by atoms with Gasteiger partial charge in [0.05, 0.1) is 12.1 Å². The highest BCUT2D eigenvalue weighted by Crippen LogP contribution is 2.32. The largest absolute Gasteiger partial charge is 0.394 e. The minimum Gasteiger partial charge on any atom is -0.394 e. The van der Waals surface area contributed by atoms with Crippen LogP contribution in [0.15, 0.2) is 30.3 Å². The summed E-state index contributed by atoms with van der Waals surface area (Å²) in [6.07, 6.45) is 6.25. The standard InChI is InChI=1S/C18H28N2O/c1-20(13-15-7-8-15)12-11-18(14-21,19-17-9-10-17)16-5-3-2-4-6-16/h2-6,15,17,19,21H,7-14H2,1H3. The van der Waals surface area contributed by atoms with Crippen LogP contribution in [0.4, 0.5) is 0 Å². The fraction of sp³-hybridized carbons (Fsp3) is 0.667. The number of nitrogens with one attached hydrogen (secondary N) is 1. The van der Waals surface area contributed by atoms with E-state index in [2.05, 4.69) is 41.5 Å². The molecule has 0 aromatic heterocycles. The highest BCUT2D eigenvalue weighted by atomic mass is 16.3. The summed E-state index contributed by atoms with van der Waals surface area (Å²) in [5.74, 6) is 0.923. The fourth-order valence-electron chi connectivity index (χ4n) is 3.11. The summed E-state index contributed by atoms with van der Waals surface area (Å²) in [7, 11) is 2.21. The highest BCUT2D eigenvalue weighted by Gasteiger charge is 2.37. The van der Waals surface area contributed by atoms with Gasteiger partial charge in [0, 0.05) is 19.1 Å². The first-order chi connectivity index (χ1) is 10.2. The molecule has 1 atom stereocenters. The van der Waals surface area contributed by atoms with E-state index in [1.165, 1.54) is 37.8 Å². The van der Waals surface area contributed by atoms with Gasteiger partial charge in [-0.2, -0.15) is 0 Å². The molecule has 2 fully saturated rings. The molecule has 0 radical (unpaired) electrons. The van der Waals surface area contributed by atoms with E-state index in [-0.39, 0.29) is 12.1 Å². The third-order valence-electron chi connectivity index (χ3n) is 4.84. The van der Waals surface area contributed by atoms with Crippen LogP contribution >= 0.6 is 0 Å². The average molecular weight is 288 g/mol. The van der Waals surface area contributed by atoms with Crippen LogP contribution in [0.5, 0.6) is 0 Å². The van der Waals surface area contributed by atoms with Gasteiger partial charge < -0.3 is 15.3 Å². The van der Waals surface area contributed by atoms with Crippen LogP contribution < -0.4 is 5.32 Å². The SMILES string of the molecule is CN(CCC(CO)(NC1CC1)c1ccccc1)CC1CC1. The molecule has 2 N–H and O–H groups in total. The lowest BCUT2D eigenvalue weighted by Crippen LogP contribution is -2.48. The van der Waals surface area contributed by atoms with Gasteiger partial charge in [0.1, 0.15) is 0 Å². The number of rotatable bonds is 9. The molecule has 0 bridgehead atoms. The topological polar surface area (TPSA) is 35.5 Å². The number of aliphatic hydroxyl groups excluding tert-OH is 1. The molecule has 21 heavy (non-hydrogen) atoms. The number of nitrogens with zero attached hydrogens (tertiary/aromatic N) is 1. The van der Waals surface area contributed by atoms with Crippen LogP contribution in [0.2, 0.25) is 0 Å². The van der Waals surface area contributed by atoms with E-state index in [1.54, 1.807) is 0 Å². The zero-order valence-corrected chi connectivity index (χ0v) is 13.1. The maximum atomic E-state index is 10.1. The Bertz CT molecular complexity index is 442. The molecule has 0 amide bonds. The number of hydrogen-bond donors (Lipinski definition) is 2. The second-order valence-electron chi connectivity index (χ2n) is 6.98. The summed E-state index contributed by atoms with van der Waals surface area (Å²) in [5.41, 5.74) is 0.944. The van der Waals surface area contributed by atoms with Gasteiger partial charge in [-0.05, 0) is 50.6 Å². The van der Waals surface area contributed by atoms with Crippen molar-refractivity contribution >= 4 is 0 Å². The molecule has 2 saturated carbocycles. The van der Waals surface area contributed by atoms with Crippen LogP contribution in [-0.4, -0.2) is 42.8 Å². The molecule has 116 valence electrons. The van der Waals surface area contributed by atoms with E-state index in [9.17, 15) is 5.11 Å². The van der Waals surface area contributed by atoms with E-state index in [0.29, 0.717) is 6.04 Å².